The summed E-state index contributed by atoms with van der Waals surface area (Å²) in [4.78, 5) is 13.5. The molecule has 0 atom stereocenters. The van der Waals surface area contributed by atoms with Gasteiger partial charge in [0.05, 0.1) is 29.5 Å². The molecule has 0 aliphatic heterocycles. The Kier molecular flexibility index (Phi) is 8.32. The van der Waals surface area contributed by atoms with Crippen LogP contribution in [0, 0.1) is 5.41 Å². The lowest BCUT2D eigenvalue weighted by Crippen LogP contribution is -2.09. The fraction of sp³-hybridized carbons (Fsp3) is 0.259. The first-order valence-corrected chi connectivity index (χ1v) is 11.9. The maximum Gasteiger partial charge on any atom is 0.213 e. The lowest BCUT2D eigenvalue weighted by atomic mass is 9.98. The molecule has 0 spiro atoms. The molecule has 4 rings (SSSR count). The molecule has 4 heterocycles. The number of nitrogens with zero attached hydrogens (tertiary/aromatic N) is 5. The number of methoxy groups -OCH3 is 1. The predicted octanol–water partition coefficient (Wildman–Crippen LogP) is 4.34. The molecule has 0 unspecified atom stereocenters. The first-order chi connectivity index (χ1) is 18.0. The Labute approximate surface area is 215 Å². The average molecular weight is 499 g/mol. The van der Waals surface area contributed by atoms with E-state index in [9.17, 15) is 0 Å². The van der Waals surface area contributed by atoms with E-state index in [1.165, 1.54) is 0 Å². The van der Waals surface area contributed by atoms with Crippen molar-refractivity contribution in [2.24, 2.45) is 0 Å². The monoisotopic (exact) mass is 498 g/mol. The van der Waals surface area contributed by atoms with Crippen LogP contribution in [0.2, 0.25) is 0 Å². The van der Waals surface area contributed by atoms with Gasteiger partial charge in [-0.1, -0.05) is 13.8 Å². The molecule has 0 aromatic carbocycles. The molecule has 0 amide bonds. The van der Waals surface area contributed by atoms with Gasteiger partial charge in [0, 0.05) is 55.5 Å². The summed E-state index contributed by atoms with van der Waals surface area (Å²) in [6.45, 7) is 5.05. The maximum absolute atomic E-state index is 8.90. The zero-order chi connectivity index (χ0) is 26.2. The van der Waals surface area contributed by atoms with Gasteiger partial charge < -0.3 is 20.1 Å². The van der Waals surface area contributed by atoms with Crippen LogP contribution in [0.25, 0.3) is 16.6 Å². The molecule has 4 aromatic rings. The normalized spacial score (nSPS) is 11.5. The van der Waals surface area contributed by atoms with Crippen molar-refractivity contribution in [2.45, 2.75) is 19.8 Å². The van der Waals surface area contributed by atoms with Crippen LogP contribution in [0.15, 0.2) is 61.2 Å². The van der Waals surface area contributed by atoms with Crippen molar-refractivity contribution in [3.63, 3.8) is 0 Å². The average Bonchev–Trinajstić information content (AvgIpc) is 2.91. The van der Waals surface area contributed by atoms with Gasteiger partial charge in [0.25, 0.3) is 0 Å². The van der Waals surface area contributed by atoms with Crippen LogP contribution in [0.3, 0.4) is 0 Å². The van der Waals surface area contributed by atoms with Crippen molar-refractivity contribution in [3.8, 4) is 5.88 Å². The Morgan fingerprint density at radius 3 is 2.65 bits per heavy atom. The summed E-state index contributed by atoms with van der Waals surface area (Å²) in [5.74, 6) is 2.03. The van der Waals surface area contributed by atoms with Crippen LogP contribution < -0.4 is 15.4 Å². The highest BCUT2D eigenvalue weighted by molar-refractivity contribution is 6.30. The molecule has 10 nitrogen and oxygen atoms in total. The van der Waals surface area contributed by atoms with E-state index in [0.717, 1.165) is 16.6 Å². The zero-order valence-electron chi connectivity index (χ0n) is 21.3. The topological polar surface area (TPSA) is 131 Å². The van der Waals surface area contributed by atoms with Crippen molar-refractivity contribution in [1.29, 1.82) is 5.41 Å². The van der Waals surface area contributed by atoms with Crippen LogP contribution in [0.4, 0.5) is 11.6 Å². The lowest BCUT2D eigenvalue weighted by Gasteiger charge is -2.12. The smallest absolute Gasteiger partial charge is 0.213 e. The molecule has 190 valence electrons. The highest BCUT2D eigenvalue weighted by Crippen LogP contribution is 2.25. The van der Waals surface area contributed by atoms with Gasteiger partial charge >= 0.3 is 0 Å². The molecule has 10 heteroatoms. The summed E-state index contributed by atoms with van der Waals surface area (Å²) in [7, 11) is 3.40. The third-order valence-electron chi connectivity index (χ3n) is 5.57. The molecule has 0 aliphatic carbocycles. The minimum Gasteiger partial charge on any atom is -0.475 e. The van der Waals surface area contributed by atoms with Gasteiger partial charge in [-0.3, -0.25) is 10.4 Å². The summed E-state index contributed by atoms with van der Waals surface area (Å²) >= 11 is 0. The van der Waals surface area contributed by atoms with E-state index in [0.29, 0.717) is 59.0 Å². The number of nitrogens with one attached hydrogen (secondary N) is 3. The van der Waals surface area contributed by atoms with Crippen LogP contribution in [0.5, 0.6) is 5.88 Å². The van der Waals surface area contributed by atoms with E-state index < -0.39 is 0 Å². The molecular formula is C27H30N8O2. The van der Waals surface area contributed by atoms with Gasteiger partial charge in [0.15, 0.2) is 5.82 Å². The minimum absolute atomic E-state index is 0.296. The third-order valence-corrected chi connectivity index (χ3v) is 5.57. The number of fused-ring (bicyclic) bond motifs is 1. The second-order valence-corrected chi connectivity index (χ2v) is 8.56. The third kappa shape index (κ3) is 6.42. The van der Waals surface area contributed by atoms with E-state index in [1.807, 2.05) is 24.3 Å². The molecule has 0 fully saturated rings. The second kappa shape index (κ2) is 12.0. The van der Waals surface area contributed by atoms with Gasteiger partial charge in [-0.25, -0.2) is 9.97 Å². The number of anilines is 2. The Balaban J connectivity index is 1.62. The number of aromatic nitrogens is 5. The van der Waals surface area contributed by atoms with Crippen LogP contribution in [-0.2, 0) is 4.74 Å². The molecule has 0 saturated carbocycles. The van der Waals surface area contributed by atoms with E-state index >= 15 is 0 Å². The van der Waals surface area contributed by atoms with Crippen LogP contribution in [-0.4, -0.2) is 58.2 Å². The summed E-state index contributed by atoms with van der Waals surface area (Å²) in [6, 6.07) is 11.1. The quantitative estimate of drug-likeness (QED) is 0.204. The van der Waals surface area contributed by atoms with E-state index in [1.54, 1.807) is 51.1 Å². The highest BCUT2D eigenvalue weighted by atomic mass is 16.5. The Bertz CT molecular complexity index is 1420. The van der Waals surface area contributed by atoms with Crippen molar-refractivity contribution in [3.05, 3.63) is 77.9 Å². The summed E-state index contributed by atoms with van der Waals surface area (Å²) < 4.78 is 10.6. The number of hydrogen-bond acceptors (Lipinski definition) is 10. The van der Waals surface area contributed by atoms with E-state index in [2.05, 4.69) is 44.6 Å². The largest absolute Gasteiger partial charge is 0.475 e. The lowest BCUT2D eigenvalue weighted by molar-refractivity contribution is 0.143. The fourth-order valence-electron chi connectivity index (χ4n) is 3.59. The van der Waals surface area contributed by atoms with Gasteiger partial charge in [0.2, 0.25) is 5.88 Å². The van der Waals surface area contributed by atoms with Crippen LogP contribution in [0.1, 0.15) is 36.5 Å². The number of rotatable bonds is 11. The first kappa shape index (κ1) is 25.6. The first-order valence-electron chi connectivity index (χ1n) is 11.9. The molecular weight excluding hydrogens is 468 g/mol. The SMILES string of the molecule is CN/C=C(\C(=N)c1ccnc(OCCOC)c1)c1cnc2ccc(Nc3cc(C(C)C)cnn3)nc2c1. The van der Waals surface area contributed by atoms with Gasteiger partial charge in [-0.05, 0) is 41.8 Å². The second-order valence-electron chi connectivity index (χ2n) is 8.56. The Hall–Kier alpha value is -4.44. The summed E-state index contributed by atoms with van der Waals surface area (Å²) in [5.41, 5.74) is 4.87. The molecule has 0 bridgehead atoms. The van der Waals surface area contributed by atoms with E-state index in [-0.39, 0.29) is 0 Å². The maximum atomic E-state index is 8.90. The highest BCUT2D eigenvalue weighted by Gasteiger charge is 2.14. The molecule has 0 radical (unpaired) electrons. The van der Waals surface area contributed by atoms with Crippen molar-refractivity contribution in [2.75, 3.05) is 32.7 Å². The van der Waals surface area contributed by atoms with Crippen molar-refractivity contribution < 1.29 is 9.47 Å². The standard InChI is InChI=1S/C27H30N8O2/c1-17(2)19-12-25(35-32-15-19)34-24-6-5-22-23(33-24)11-20(14-31-22)21(16-29-3)27(28)18-7-8-30-26(13-18)37-10-9-36-4/h5-8,11-17,28-29H,9-10H2,1-4H3,(H,33,34,35)/b21-16-,28-27?. The number of pyridine rings is 3. The molecule has 0 saturated heterocycles. The van der Waals surface area contributed by atoms with Gasteiger partial charge in [0.1, 0.15) is 12.4 Å². The Morgan fingerprint density at radius 2 is 1.86 bits per heavy atom. The zero-order valence-corrected chi connectivity index (χ0v) is 21.3. The fourth-order valence-corrected chi connectivity index (χ4v) is 3.59. The van der Waals surface area contributed by atoms with Crippen molar-refractivity contribution in [1.82, 2.24) is 30.5 Å². The minimum atomic E-state index is 0.296. The predicted molar refractivity (Wildman–Crippen MR) is 144 cm³/mol. The number of allylic oxidation sites excluding steroid dienone is 1. The Morgan fingerprint density at radius 1 is 1.00 bits per heavy atom. The molecule has 3 N–H and O–H groups in total. The molecule has 4 aromatic heterocycles. The number of ether oxygens (including phenoxy) is 2. The van der Waals surface area contributed by atoms with Gasteiger partial charge in [-0.2, -0.15) is 5.10 Å². The molecule has 37 heavy (non-hydrogen) atoms. The van der Waals surface area contributed by atoms with Crippen molar-refractivity contribution >= 4 is 34.0 Å². The number of hydrogen-bond donors (Lipinski definition) is 3. The van der Waals surface area contributed by atoms with E-state index in [4.69, 9.17) is 19.9 Å². The van der Waals surface area contributed by atoms with Crippen LogP contribution >= 0.6 is 0 Å². The van der Waals surface area contributed by atoms with Gasteiger partial charge in [-0.15, -0.1) is 5.10 Å². The summed E-state index contributed by atoms with van der Waals surface area (Å²) in [5, 5.41) is 23.4. The molecule has 0 aliphatic rings. The summed E-state index contributed by atoms with van der Waals surface area (Å²) in [6.07, 6.45) is 6.90.